The van der Waals surface area contributed by atoms with Crippen LogP contribution in [0, 0.1) is 0 Å². The molecule has 0 aromatic heterocycles. The molecule has 1 aliphatic rings. The first kappa shape index (κ1) is 20.8. The summed E-state index contributed by atoms with van der Waals surface area (Å²) in [6.07, 6.45) is 2.22. The van der Waals surface area contributed by atoms with E-state index in [9.17, 15) is 19.2 Å². The first-order chi connectivity index (χ1) is 12.8. The number of nitrogens with zero attached hydrogens (tertiary/aromatic N) is 1. The lowest BCUT2D eigenvalue weighted by atomic mass is 10.2. The Morgan fingerprint density at radius 3 is 2.74 bits per heavy atom. The van der Waals surface area contributed by atoms with E-state index < -0.39 is 29.6 Å². The van der Waals surface area contributed by atoms with E-state index in [4.69, 9.17) is 21.4 Å². The maximum Gasteiger partial charge on any atom is 0.341 e. The van der Waals surface area contributed by atoms with Gasteiger partial charge in [-0.2, -0.15) is 0 Å². The van der Waals surface area contributed by atoms with Gasteiger partial charge in [-0.05, 0) is 42.0 Å². The molecular weight excluding hydrogens is 396 g/mol. The number of halogens is 1. The van der Waals surface area contributed by atoms with Crippen LogP contribution in [0.25, 0.3) is 6.08 Å². The first-order valence-electron chi connectivity index (χ1n) is 7.98. The van der Waals surface area contributed by atoms with Gasteiger partial charge >= 0.3 is 5.97 Å². The number of amides is 3. The lowest BCUT2D eigenvalue weighted by Crippen LogP contribution is -2.39. The average molecular weight is 413 g/mol. The number of imide groups is 1. The zero-order valence-electron chi connectivity index (χ0n) is 14.4. The Kier molecular flexibility index (Phi) is 7.26. The Hall–Kier alpha value is -2.52. The smallest absolute Gasteiger partial charge is 0.341 e. The van der Waals surface area contributed by atoms with Crippen LogP contribution in [-0.4, -0.2) is 52.7 Å². The van der Waals surface area contributed by atoms with Crippen molar-refractivity contribution in [2.24, 2.45) is 0 Å². The van der Waals surface area contributed by atoms with Crippen molar-refractivity contribution in [2.75, 3.05) is 19.7 Å². The average Bonchev–Trinajstić information content (AvgIpc) is 2.86. The van der Waals surface area contributed by atoms with Crippen molar-refractivity contribution in [1.29, 1.82) is 0 Å². The summed E-state index contributed by atoms with van der Waals surface area (Å²) < 4.78 is 5.02. The molecule has 3 amide bonds. The molecule has 0 spiro atoms. The van der Waals surface area contributed by atoms with Crippen molar-refractivity contribution in [3.05, 3.63) is 33.7 Å². The van der Waals surface area contributed by atoms with Gasteiger partial charge in [0.15, 0.2) is 6.61 Å². The van der Waals surface area contributed by atoms with Gasteiger partial charge in [0.05, 0.1) is 9.93 Å². The molecule has 1 aliphatic heterocycles. The number of hydrogen-bond donors (Lipinski definition) is 2. The van der Waals surface area contributed by atoms with Gasteiger partial charge in [0.25, 0.3) is 11.1 Å². The Labute approximate surface area is 164 Å². The third-order valence-corrected chi connectivity index (χ3v) is 4.56. The third kappa shape index (κ3) is 5.73. The molecule has 1 aromatic carbocycles. The van der Waals surface area contributed by atoms with Crippen molar-refractivity contribution < 1.29 is 29.0 Å². The van der Waals surface area contributed by atoms with Gasteiger partial charge in [0.2, 0.25) is 5.91 Å². The van der Waals surface area contributed by atoms with E-state index in [2.05, 4.69) is 5.32 Å². The lowest BCUT2D eigenvalue weighted by Gasteiger charge is -2.11. The summed E-state index contributed by atoms with van der Waals surface area (Å²) in [5.74, 6) is -1.90. The molecule has 0 unspecified atom stereocenters. The second kappa shape index (κ2) is 9.43. The number of benzene rings is 1. The van der Waals surface area contributed by atoms with Crippen LogP contribution in [0.15, 0.2) is 23.1 Å². The summed E-state index contributed by atoms with van der Waals surface area (Å²) in [5, 5.41) is 10.9. The van der Waals surface area contributed by atoms with E-state index in [-0.39, 0.29) is 22.2 Å². The van der Waals surface area contributed by atoms with Crippen molar-refractivity contribution in [2.45, 2.75) is 13.3 Å². The highest BCUT2D eigenvalue weighted by molar-refractivity contribution is 8.18. The minimum absolute atomic E-state index is 0.165. The molecule has 0 saturated carbocycles. The standard InChI is InChI=1S/C17H17ClN2O6S/c1-2-5-19-14(21)8-20-16(24)13(27-17(20)25)7-10-3-4-12(11(18)6-10)26-9-15(22)23/h3-4,6-7H,2,5,8-9H2,1H3,(H,19,21)(H,22,23)/b13-7-. The minimum Gasteiger partial charge on any atom is -0.480 e. The number of thioether (sulfide) groups is 1. The number of aliphatic carboxylic acids is 1. The summed E-state index contributed by atoms with van der Waals surface area (Å²) in [6, 6.07) is 4.53. The van der Waals surface area contributed by atoms with Crippen LogP contribution in [-0.2, 0) is 14.4 Å². The van der Waals surface area contributed by atoms with Crippen LogP contribution in [0.5, 0.6) is 5.75 Å². The maximum atomic E-state index is 12.4. The highest BCUT2D eigenvalue weighted by Gasteiger charge is 2.36. The summed E-state index contributed by atoms with van der Waals surface area (Å²) in [4.78, 5) is 47.7. The molecule has 0 radical (unpaired) electrons. The minimum atomic E-state index is -1.13. The largest absolute Gasteiger partial charge is 0.480 e. The van der Waals surface area contributed by atoms with E-state index in [1.165, 1.54) is 18.2 Å². The van der Waals surface area contributed by atoms with Gasteiger partial charge in [-0.15, -0.1) is 0 Å². The van der Waals surface area contributed by atoms with Crippen LogP contribution in [0.3, 0.4) is 0 Å². The van der Waals surface area contributed by atoms with E-state index in [1.807, 2.05) is 6.92 Å². The van der Waals surface area contributed by atoms with Gasteiger partial charge in [-0.3, -0.25) is 19.3 Å². The Morgan fingerprint density at radius 1 is 1.37 bits per heavy atom. The molecule has 1 heterocycles. The predicted octanol–water partition coefficient (Wildman–Crippen LogP) is 2.37. The number of nitrogens with one attached hydrogen (secondary N) is 1. The van der Waals surface area contributed by atoms with Crippen LogP contribution in [0.2, 0.25) is 5.02 Å². The van der Waals surface area contributed by atoms with Gasteiger partial charge in [-0.1, -0.05) is 24.6 Å². The van der Waals surface area contributed by atoms with E-state index in [0.717, 1.165) is 23.1 Å². The fourth-order valence-corrected chi connectivity index (χ4v) is 3.20. The van der Waals surface area contributed by atoms with Crippen LogP contribution in [0.1, 0.15) is 18.9 Å². The fourth-order valence-electron chi connectivity index (χ4n) is 2.12. The monoisotopic (exact) mass is 412 g/mol. The third-order valence-electron chi connectivity index (χ3n) is 3.35. The summed E-state index contributed by atoms with van der Waals surface area (Å²) in [6.45, 7) is 1.51. The highest BCUT2D eigenvalue weighted by Crippen LogP contribution is 2.33. The van der Waals surface area contributed by atoms with E-state index in [0.29, 0.717) is 12.1 Å². The molecule has 2 N–H and O–H groups in total. The van der Waals surface area contributed by atoms with E-state index in [1.54, 1.807) is 6.07 Å². The van der Waals surface area contributed by atoms with Gasteiger partial charge in [0, 0.05) is 6.54 Å². The molecule has 144 valence electrons. The quantitative estimate of drug-likeness (QED) is 0.630. The van der Waals surface area contributed by atoms with Crippen molar-refractivity contribution in [3.8, 4) is 5.75 Å². The Balaban J connectivity index is 2.09. The van der Waals surface area contributed by atoms with E-state index >= 15 is 0 Å². The number of ether oxygens (including phenoxy) is 1. The number of rotatable bonds is 8. The second-order valence-electron chi connectivity index (χ2n) is 5.49. The zero-order chi connectivity index (χ0) is 20.0. The van der Waals surface area contributed by atoms with Gasteiger partial charge < -0.3 is 15.2 Å². The maximum absolute atomic E-state index is 12.4. The van der Waals surface area contributed by atoms with Crippen LogP contribution < -0.4 is 10.1 Å². The van der Waals surface area contributed by atoms with Gasteiger partial charge in [-0.25, -0.2) is 4.79 Å². The SMILES string of the molecule is CCCNC(=O)CN1C(=O)S/C(=C\c2ccc(OCC(=O)O)c(Cl)c2)C1=O. The fraction of sp³-hybridized carbons (Fsp3) is 0.294. The number of hydrogen-bond acceptors (Lipinski definition) is 6. The first-order valence-corrected chi connectivity index (χ1v) is 9.17. The number of carboxylic acids is 1. The molecule has 0 atom stereocenters. The molecule has 1 aromatic rings. The van der Waals surface area contributed by atoms with Crippen molar-refractivity contribution in [3.63, 3.8) is 0 Å². The molecule has 1 fully saturated rings. The number of carbonyl (C=O) groups is 4. The molecule has 1 saturated heterocycles. The molecule has 10 heteroatoms. The van der Waals surface area contributed by atoms with Crippen molar-refractivity contribution in [1.82, 2.24) is 10.2 Å². The Bertz CT molecular complexity index is 811. The molecule has 8 nitrogen and oxygen atoms in total. The predicted molar refractivity (Wildman–Crippen MR) is 101 cm³/mol. The molecule has 0 bridgehead atoms. The second-order valence-corrected chi connectivity index (χ2v) is 6.89. The van der Waals surface area contributed by atoms with Gasteiger partial charge in [0.1, 0.15) is 12.3 Å². The van der Waals surface area contributed by atoms with Crippen molar-refractivity contribution >= 4 is 52.5 Å². The molecule has 27 heavy (non-hydrogen) atoms. The summed E-state index contributed by atoms with van der Waals surface area (Å²) >= 11 is 6.77. The molecule has 0 aliphatic carbocycles. The number of carboxylic acid groups (broad SMARTS) is 1. The lowest BCUT2D eigenvalue weighted by molar-refractivity contribution is -0.139. The molecule has 2 rings (SSSR count). The summed E-state index contributed by atoms with van der Waals surface area (Å²) in [5.41, 5.74) is 0.531. The molecular formula is C17H17ClN2O6S. The Morgan fingerprint density at radius 2 is 2.11 bits per heavy atom. The van der Waals surface area contributed by atoms with Crippen LogP contribution in [0.4, 0.5) is 4.79 Å². The highest BCUT2D eigenvalue weighted by atomic mass is 35.5. The topological polar surface area (TPSA) is 113 Å². The normalized spacial score (nSPS) is 15.3. The zero-order valence-corrected chi connectivity index (χ0v) is 15.9. The number of carbonyl (C=O) groups excluding carboxylic acids is 3. The van der Waals surface area contributed by atoms with Crippen LogP contribution >= 0.6 is 23.4 Å². The summed E-state index contributed by atoms with van der Waals surface area (Å²) in [7, 11) is 0.